The Morgan fingerprint density at radius 3 is 2.64 bits per heavy atom. The molecule has 0 aliphatic heterocycles. The average molecular weight is 454 g/mol. The van der Waals surface area contributed by atoms with Crippen LogP contribution in [-0.2, 0) is 6.54 Å². The number of nitrogens with one attached hydrogen (secondary N) is 1. The predicted octanol–water partition coefficient (Wildman–Crippen LogP) is 4.80. The van der Waals surface area contributed by atoms with Crippen LogP contribution in [0.4, 0.5) is 18.9 Å². The molecule has 0 spiro atoms. The molecule has 3 aromatic heterocycles. The molecule has 1 aliphatic carbocycles. The third kappa shape index (κ3) is 3.96. The number of rotatable bonds is 6. The van der Waals surface area contributed by atoms with E-state index in [9.17, 15) is 18.0 Å². The number of nitrogens with zero attached hydrogens (tertiary/aromatic N) is 5. The van der Waals surface area contributed by atoms with Crippen molar-refractivity contribution in [1.29, 1.82) is 0 Å². The molecule has 1 amide bonds. The number of benzene rings is 1. The van der Waals surface area contributed by atoms with Crippen LogP contribution in [0.2, 0.25) is 0 Å². The lowest BCUT2D eigenvalue weighted by molar-refractivity contribution is 0.102. The van der Waals surface area contributed by atoms with E-state index < -0.39 is 12.3 Å². The van der Waals surface area contributed by atoms with Gasteiger partial charge in [-0.25, -0.2) is 22.7 Å². The first kappa shape index (κ1) is 21.2. The van der Waals surface area contributed by atoms with E-state index in [1.165, 1.54) is 18.2 Å². The largest absolute Gasteiger partial charge is 0.317 e. The highest BCUT2D eigenvalue weighted by Gasteiger charge is 2.28. The molecule has 33 heavy (non-hydrogen) atoms. The van der Waals surface area contributed by atoms with E-state index in [0.29, 0.717) is 28.3 Å². The molecule has 10 heteroatoms. The molecule has 4 aromatic rings. The predicted molar refractivity (Wildman–Crippen MR) is 115 cm³/mol. The fraction of sp³-hybridized carbons (Fsp3) is 0.304. The van der Waals surface area contributed by atoms with Crippen molar-refractivity contribution in [2.75, 3.05) is 5.32 Å². The second-order valence-corrected chi connectivity index (χ2v) is 8.23. The molecule has 1 N–H and O–H groups in total. The van der Waals surface area contributed by atoms with Crippen molar-refractivity contribution in [3.63, 3.8) is 0 Å². The molecule has 1 aromatic carbocycles. The first-order valence-electron chi connectivity index (χ1n) is 10.6. The second kappa shape index (κ2) is 8.02. The summed E-state index contributed by atoms with van der Waals surface area (Å²) in [5.74, 6) is -0.719. The van der Waals surface area contributed by atoms with Crippen LogP contribution >= 0.6 is 0 Å². The van der Waals surface area contributed by atoms with Crippen LogP contribution in [0.5, 0.6) is 0 Å². The van der Waals surface area contributed by atoms with Gasteiger partial charge in [0.2, 0.25) is 0 Å². The number of carbonyl (C=O) groups excluding carboxylic acids is 1. The average Bonchev–Trinajstić information content (AvgIpc) is 3.49. The van der Waals surface area contributed by atoms with Crippen LogP contribution in [-0.4, -0.2) is 30.3 Å². The third-order valence-corrected chi connectivity index (χ3v) is 5.82. The first-order chi connectivity index (χ1) is 15.8. The van der Waals surface area contributed by atoms with Gasteiger partial charge in [-0.05, 0) is 38.8 Å². The van der Waals surface area contributed by atoms with E-state index in [1.54, 1.807) is 36.7 Å². The number of fused-ring (bicyclic) bond motifs is 1. The zero-order valence-corrected chi connectivity index (χ0v) is 18.0. The van der Waals surface area contributed by atoms with Crippen molar-refractivity contribution in [2.45, 2.75) is 45.6 Å². The zero-order valence-electron chi connectivity index (χ0n) is 18.0. The Hall–Kier alpha value is -3.69. The maximum absolute atomic E-state index is 14.0. The number of hydrogen-bond donors (Lipinski definition) is 1. The molecule has 0 bridgehead atoms. The van der Waals surface area contributed by atoms with Crippen LogP contribution in [0.25, 0.3) is 5.65 Å². The van der Waals surface area contributed by atoms with E-state index in [4.69, 9.17) is 0 Å². The topological polar surface area (TPSA) is 77.1 Å². The Labute approximate surface area is 187 Å². The Balaban J connectivity index is 1.43. The molecule has 3 heterocycles. The third-order valence-electron chi connectivity index (χ3n) is 5.82. The van der Waals surface area contributed by atoms with Gasteiger partial charge in [0.05, 0.1) is 23.6 Å². The van der Waals surface area contributed by atoms with Gasteiger partial charge in [0.25, 0.3) is 12.3 Å². The Morgan fingerprint density at radius 2 is 1.94 bits per heavy atom. The molecule has 0 radical (unpaired) electrons. The van der Waals surface area contributed by atoms with Crippen molar-refractivity contribution >= 4 is 17.2 Å². The molecular weight excluding hydrogens is 433 g/mol. The minimum Gasteiger partial charge on any atom is -0.317 e. The van der Waals surface area contributed by atoms with Gasteiger partial charge in [-0.1, -0.05) is 18.2 Å². The molecule has 1 aliphatic rings. The minimum atomic E-state index is -2.75. The fourth-order valence-electron chi connectivity index (χ4n) is 3.87. The lowest BCUT2D eigenvalue weighted by Crippen LogP contribution is -2.14. The van der Waals surface area contributed by atoms with Crippen molar-refractivity contribution < 1.29 is 18.0 Å². The number of amides is 1. The van der Waals surface area contributed by atoms with Crippen LogP contribution in [0.15, 0.2) is 36.4 Å². The van der Waals surface area contributed by atoms with Crippen molar-refractivity contribution in [3.05, 3.63) is 76.2 Å². The van der Waals surface area contributed by atoms with E-state index in [1.807, 2.05) is 0 Å². The van der Waals surface area contributed by atoms with E-state index in [2.05, 4.69) is 20.5 Å². The molecule has 5 rings (SSSR count). The highest BCUT2D eigenvalue weighted by Crippen LogP contribution is 2.40. The highest BCUT2D eigenvalue weighted by molar-refractivity contribution is 6.04. The van der Waals surface area contributed by atoms with Gasteiger partial charge in [0, 0.05) is 23.2 Å². The normalized spacial score (nSPS) is 13.8. The standard InChI is InChI=1S/C23H21F3N6O/c1-12-21(13(2)31(29-12)11-15-5-3-4-6-16(15)24)28-23(33)18-10-20-27-17(14-7-8-14)9-19(22(25)26)32(20)30-18/h3-6,9-10,14,22H,7-8,11H2,1-2H3,(H,28,33). The molecule has 0 unspecified atom stereocenters. The van der Waals surface area contributed by atoms with Gasteiger partial charge in [0.15, 0.2) is 11.3 Å². The van der Waals surface area contributed by atoms with Gasteiger partial charge in [0.1, 0.15) is 11.5 Å². The highest BCUT2D eigenvalue weighted by atomic mass is 19.3. The maximum atomic E-state index is 14.0. The Kier molecular flexibility index (Phi) is 5.15. The molecule has 0 atom stereocenters. The summed E-state index contributed by atoms with van der Waals surface area (Å²) in [4.78, 5) is 17.3. The number of hydrogen-bond acceptors (Lipinski definition) is 4. The van der Waals surface area contributed by atoms with Crippen LogP contribution in [0.3, 0.4) is 0 Å². The summed E-state index contributed by atoms with van der Waals surface area (Å²) in [7, 11) is 0. The van der Waals surface area contributed by atoms with E-state index in [-0.39, 0.29) is 35.3 Å². The summed E-state index contributed by atoms with van der Waals surface area (Å²) < 4.78 is 43.9. The smallest absolute Gasteiger partial charge is 0.280 e. The Morgan fingerprint density at radius 1 is 1.18 bits per heavy atom. The number of alkyl halides is 2. The lowest BCUT2D eigenvalue weighted by Gasteiger charge is -2.07. The molecule has 0 saturated heterocycles. The quantitative estimate of drug-likeness (QED) is 0.454. The summed E-state index contributed by atoms with van der Waals surface area (Å²) in [6.45, 7) is 3.69. The van der Waals surface area contributed by atoms with Gasteiger partial charge in [-0.2, -0.15) is 10.2 Å². The van der Waals surface area contributed by atoms with E-state index in [0.717, 1.165) is 17.4 Å². The molecule has 170 valence electrons. The van der Waals surface area contributed by atoms with Gasteiger partial charge < -0.3 is 5.32 Å². The zero-order chi connectivity index (χ0) is 23.3. The summed E-state index contributed by atoms with van der Waals surface area (Å²) in [5, 5.41) is 11.3. The molecule has 1 saturated carbocycles. The van der Waals surface area contributed by atoms with Gasteiger partial charge in [-0.3, -0.25) is 9.48 Å². The SMILES string of the molecule is Cc1nn(Cc2ccccc2F)c(C)c1NC(=O)c1cc2nc(C3CC3)cc(C(F)F)n2n1. The molecule has 1 fully saturated rings. The number of anilines is 1. The van der Waals surface area contributed by atoms with Gasteiger partial charge in [-0.15, -0.1) is 0 Å². The number of halogens is 3. The summed E-state index contributed by atoms with van der Waals surface area (Å²) in [5.41, 5.74) is 2.62. The number of aromatic nitrogens is 5. The van der Waals surface area contributed by atoms with E-state index >= 15 is 0 Å². The fourth-order valence-corrected chi connectivity index (χ4v) is 3.87. The lowest BCUT2D eigenvalue weighted by atomic mass is 10.2. The summed E-state index contributed by atoms with van der Waals surface area (Å²) in [6, 6.07) is 9.18. The van der Waals surface area contributed by atoms with Crippen molar-refractivity contribution in [2.24, 2.45) is 0 Å². The Bertz CT molecular complexity index is 1370. The summed E-state index contributed by atoms with van der Waals surface area (Å²) in [6.07, 6.45) is -0.907. The molecule has 7 nitrogen and oxygen atoms in total. The van der Waals surface area contributed by atoms with Crippen LogP contribution in [0, 0.1) is 19.7 Å². The van der Waals surface area contributed by atoms with Crippen molar-refractivity contribution in [3.8, 4) is 0 Å². The second-order valence-electron chi connectivity index (χ2n) is 8.23. The van der Waals surface area contributed by atoms with Gasteiger partial charge >= 0.3 is 0 Å². The first-order valence-corrected chi connectivity index (χ1v) is 10.6. The number of carbonyl (C=O) groups is 1. The minimum absolute atomic E-state index is 0.0296. The number of aryl methyl sites for hydroxylation is 1. The monoisotopic (exact) mass is 454 g/mol. The summed E-state index contributed by atoms with van der Waals surface area (Å²) >= 11 is 0. The van der Waals surface area contributed by atoms with Crippen LogP contribution in [0.1, 0.15) is 64.0 Å². The van der Waals surface area contributed by atoms with Crippen LogP contribution < -0.4 is 5.32 Å². The molecular formula is C23H21F3N6O. The van der Waals surface area contributed by atoms with Crippen molar-refractivity contribution in [1.82, 2.24) is 24.4 Å². The maximum Gasteiger partial charge on any atom is 0.280 e.